The zero-order chi connectivity index (χ0) is 22.4. The van der Waals surface area contributed by atoms with Crippen LogP contribution in [0.15, 0.2) is 24.3 Å². The predicted octanol–water partition coefficient (Wildman–Crippen LogP) is 1.44. The normalized spacial score (nSPS) is 28.6. The van der Waals surface area contributed by atoms with Crippen LogP contribution in [0.25, 0.3) is 0 Å². The maximum atomic E-state index is 13.0. The number of likely N-dealkylation sites (tertiary alicyclic amines) is 1. The maximum Gasteiger partial charge on any atom is 0.245 e. The molecule has 3 atom stereocenters. The molecule has 0 saturated carbocycles. The number of fused-ring (bicyclic) bond motifs is 1. The fourth-order valence-corrected chi connectivity index (χ4v) is 6.65. The highest BCUT2D eigenvalue weighted by Crippen LogP contribution is 2.39. The van der Waals surface area contributed by atoms with E-state index >= 15 is 0 Å². The highest BCUT2D eigenvalue weighted by atomic mass is 32.2. The quantitative estimate of drug-likeness (QED) is 0.694. The van der Waals surface area contributed by atoms with Crippen LogP contribution in [-0.4, -0.2) is 78.6 Å². The van der Waals surface area contributed by atoms with Crippen LogP contribution in [0.3, 0.4) is 0 Å². The number of benzene rings is 1. The van der Waals surface area contributed by atoms with Crippen molar-refractivity contribution >= 4 is 27.4 Å². The minimum Gasteiger partial charge on any atom is -0.486 e. The number of Topliss-reactive ketones (excluding diaryl/α,β-unsaturated/α-hetero) is 1. The number of nitrogens with zero attached hydrogens (tertiary/aromatic N) is 2. The van der Waals surface area contributed by atoms with Crippen molar-refractivity contribution in [1.29, 1.82) is 0 Å². The molecular formula is C22H28N2O6S. The van der Waals surface area contributed by atoms with Gasteiger partial charge >= 0.3 is 0 Å². The Bertz CT molecular complexity index is 1020. The first-order valence-corrected chi connectivity index (χ1v) is 12.5. The molecule has 8 nitrogen and oxygen atoms in total. The first kappa shape index (κ1) is 21.8. The number of ketones is 1. The SMILES string of the molecule is C[C@H](C(=O)N(C)[C@H]1CCS(=O)(=O)C1)N1CC[C@@]2(CCC1=O)CC(=O)c1ccccc1O2. The second kappa shape index (κ2) is 7.93. The van der Waals surface area contributed by atoms with E-state index in [1.165, 1.54) is 4.90 Å². The summed E-state index contributed by atoms with van der Waals surface area (Å²) < 4.78 is 29.8. The van der Waals surface area contributed by atoms with Crippen molar-refractivity contribution in [3.8, 4) is 5.75 Å². The van der Waals surface area contributed by atoms with Crippen molar-refractivity contribution in [2.24, 2.45) is 0 Å². The van der Waals surface area contributed by atoms with Gasteiger partial charge in [-0.3, -0.25) is 14.4 Å². The lowest BCUT2D eigenvalue weighted by molar-refractivity contribution is -0.145. The largest absolute Gasteiger partial charge is 0.486 e. The Hall–Kier alpha value is -2.42. The molecule has 0 radical (unpaired) electrons. The lowest BCUT2D eigenvalue weighted by Gasteiger charge is -2.37. The Labute approximate surface area is 182 Å². The smallest absolute Gasteiger partial charge is 0.245 e. The highest BCUT2D eigenvalue weighted by molar-refractivity contribution is 7.91. The van der Waals surface area contributed by atoms with Gasteiger partial charge in [-0.1, -0.05) is 12.1 Å². The molecule has 3 aliphatic heterocycles. The summed E-state index contributed by atoms with van der Waals surface area (Å²) in [4.78, 5) is 41.6. The van der Waals surface area contributed by atoms with Gasteiger partial charge in [0.15, 0.2) is 15.6 Å². The standard InChI is InChI=1S/C22H28N2O6S/c1-15(21(27)23(2)16-8-12-31(28,29)14-16)24-11-10-22(9-7-20(24)26)13-18(25)17-5-3-4-6-19(17)30-22/h3-6,15-16H,7-14H2,1-2H3/t15-,16+,22+/m1/s1. The predicted molar refractivity (Wildman–Crippen MR) is 114 cm³/mol. The molecule has 2 amide bonds. The number of rotatable bonds is 3. The molecule has 4 rings (SSSR count). The fraction of sp³-hybridized carbons (Fsp3) is 0.591. The number of ether oxygens (including phenoxy) is 1. The van der Waals surface area contributed by atoms with Crippen LogP contribution in [0.1, 0.15) is 49.4 Å². The van der Waals surface area contributed by atoms with Crippen molar-refractivity contribution in [1.82, 2.24) is 9.80 Å². The van der Waals surface area contributed by atoms with Crippen LogP contribution in [0.4, 0.5) is 0 Å². The number of carbonyl (C=O) groups excluding carboxylic acids is 3. The monoisotopic (exact) mass is 448 g/mol. The Morgan fingerprint density at radius 2 is 2.00 bits per heavy atom. The average molecular weight is 449 g/mol. The first-order chi connectivity index (χ1) is 14.6. The molecule has 2 saturated heterocycles. The molecule has 1 spiro atoms. The average Bonchev–Trinajstić information content (AvgIpc) is 3.03. The number of sulfone groups is 1. The molecule has 2 fully saturated rings. The van der Waals surface area contributed by atoms with E-state index in [2.05, 4.69) is 0 Å². The lowest BCUT2D eigenvalue weighted by atomic mass is 9.84. The van der Waals surface area contributed by atoms with Crippen LogP contribution in [0, 0.1) is 0 Å². The van der Waals surface area contributed by atoms with Crippen molar-refractivity contribution in [2.45, 2.75) is 56.7 Å². The van der Waals surface area contributed by atoms with E-state index in [9.17, 15) is 22.8 Å². The van der Waals surface area contributed by atoms with Crippen molar-refractivity contribution in [2.75, 3.05) is 25.1 Å². The van der Waals surface area contributed by atoms with E-state index in [4.69, 9.17) is 4.74 Å². The van der Waals surface area contributed by atoms with Gasteiger partial charge in [-0.15, -0.1) is 0 Å². The molecule has 0 unspecified atom stereocenters. The molecule has 31 heavy (non-hydrogen) atoms. The number of hydrogen-bond donors (Lipinski definition) is 0. The van der Waals surface area contributed by atoms with Gasteiger partial charge in [0.25, 0.3) is 0 Å². The second-order valence-corrected chi connectivity index (χ2v) is 11.1. The van der Waals surface area contributed by atoms with Gasteiger partial charge < -0.3 is 14.5 Å². The van der Waals surface area contributed by atoms with Gasteiger partial charge in [0, 0.05) is 32.5 Å². The number of carbonyl (C=O) groups is 3. The summed E-state index contributed by atoms with van der Waals surface area (Å²) in [5.41, 5.74) is -0.179. The third-order valence-corrected chi connectivity index (χ3v) is 8.60. The number of amides is 2. The molecular weight excluding hydrogens is 420 g/mol. The van der Waals surface area contributed by atoms with E-state index in [0.29, 0.717) is 37.1 Å². The third kappa shape index (κ3) is 4.20. The molecule has 9 heteroatoms. The minimum absolute atomic E-state index is 0.00838. The summed E-state index contributed by atoms with van der Waals surface area (Å²) in [5.74, 6) is 0.188. The fourth-order valence-electron chi connectivity index (χ4n) is 4.87. The van der Waals surface area contributed by atoms with Crippen molar-refractivity contribution < 1.29 is 27.5 Å². The Morgan fingerprint density at radius 1 is 1.26 bits per heavy atom. The van der Waals surface area contributed by atoms with Crippen LogP contribution in [-0.2, 0) is 19.4 Å². The Kier molecular flexibility index (Phi) is 5.57. The third-order valence-electron chi connectivity index (χ3n) is 6.85. The number of para-hydroxylation sites is 1. The molecule has 0 bridgehead atoms. The Morgan fingerprint density at radius 3 is 2.71 bits per heavy atom. The lowest BCUT2D eigenvalue weighted by Crippen LogP contribution is -2.51. The summed E-state index contributed by atoms with van der Waals surface area (Å²) in [6.07, 6.45) is 1.70. The van der Waals surface area contributed by atoms with Crippen LogP contribution in [0.5, 0.6) is 5.75 Å². The zero-order valence-electron chi connectivity index (χ0n) is 17.9. The number of likely N-dealkylation sites (N-methyl/N-ethyl adjacent to an activating group) is 1. The minimum atomic E-state index is -3.11. The van der Waals surface area contributed by atoms with Crippen molar-refractivity contribution in [3.05, 3.63) is 29.8 Å². The van der Waals surface area contributed by atoms with Gasteiger partial charge in [-0.25, -0.2) is 8.42 Å². The molecule has 0 aromatic heterocycles. The topological polar surface area (TPSA) is 101 Å². The van der Waals surface area contributed by atoms with Crippen LogP contribution < -0.4 is 4.74 Å². The van der Waals surface area contributed by atoms with Crippen molar-refractivity contribution in [3.63, 3.8) is 0 Å². The summed E-state index contributed by atoms with van der Waals surface area (Å²) in [5, 5.41) is 0. The summed E-state index contributed by atoms with van der Waals surface area (Å²) in [7, 11) is -1.51. The highest BCUT2D eigenvalue weighted by Gasteiger charge is 2.44. The molecule has 0 N–H and O–H groups in total. The summed E-state index contributed by atoms with van der Waals surface area (Å²) >= 11 is 0. The van der Waals surface area contributed by atoms with E-state index in [-0.39, 0.29) is 48.0 Å². The molecule has 1 aromatic rings. The number of hydrogen-bond acceptors (Lipinski definition) is 6. The second-order valence-electron chi connectivity index (χ2n) is 8.90. The molecule has 3 aliphatic rings. The molecule has 3 heterocycles. The van der Waals surface area contributed by atoms with Gasteiger partial charge in [0.2, 0.25) is 11.8 Å². The van der Waals surface area contributed by atoms with Gasteiger partial charge in [0.05, 0.1) is 23.5 Å². The van der Waals surface area contributed by atoms with Crippen LogP contribution in [0.2, 0.25) is 0 Å². The van der Waals surface area contributed by atoms with Gasteiger partial charge in [-0.2, -0.15) is 0 Å². The Balaban J connectivity index is 1.47. The molecule has 0 aliphatic carbocycles. The summed E-state index contributed by atoms with van der Waals surface area (Å²) in [6, 6.07) is 6.08. The van der Waals surface area contributed by atoms with E-state index in [1.807, 2.05) is 6.07 Å². The van der Waals surface area contributed by atoms with Gasteiger partial charge in [0.1, 0.15) is 17.4 Å². The molecule has 1 aromatic carbocycles. The van der Waals surface area contributed by atoms with E-state index in [1.54, 1.807) is 37.1 Å². The van der Waals surface area contributed by atoms with E-state index in [0.717, 1.165) is 0 Å². The maximum absolute atomic E-state index is 13.0. The van der Waals surface area contributed by atoms with Crippen LogP contribution >= 0.6 is 0 Å². The molecule has 168 valence electrons. The first-order valence-electron chi connectivity index (χ1n) is 10.7. The van der Waals surface area contributed by atoms with E-state index < -0.39 is 21.5 Å². The zero-order valence-corrected chi connectivity index (χ0v) is 18.7. The summed E-state index contributed by atoms with van der Waals surface area (Å²) in [6.45, 7) is 1.98. The van der Waals surface area contributed by atoms with Gasteiger partial charge in [-0.05, 0) is 31.9 Å².